The summed E-state index contributed by atoms with van der Waals surface area (Å²) in [6.45, 7) is 7.75. The zero-order valence-electron chi connectivity index (χ0n) is 13.2. The van der Waals surface area contributed by atoms with Crippen LogP contribution in [-0.4, -0.2) is 42.0 Å². The highest BCUT2D eigenvalue weighted by molar-refractivity contribution is 14.1. The Morgan fingerprint density at radius 1 is 1.26 bits per heavy atom. The van der Waals surface area contributed by atoms with E-state index in [0.29, 0.717) is 12.2 Å². The zero-order chi connectivity index (χ0) is 15.2. The largest absolute Gasteiger partial charge is 0.349 e. The molecule has 0 atom stereocenters. The van der Waals surface area contributed by atoms with Crippen molar-refractivity contribution in [1.82, 2.24) is 15.2 Å². The molecule has 1 aromatic heterocycles. The van der Waals surface area contributed by atoms with E-state index in [0.717, 1.165) is 34.0 Å². The molecule has 0 radical (unpaired) electrons. The van der Waals surface area contributed by atoms with Gasteiger partial charge in [-0.05, 0) is 53.2 Å². The van der Waals surface area contributed by atoms with E-state index < -0.39 is 0 Å². The molecular formula is C16H22Cl2IN3O. The van der Waals surface area contributed by atoms with Crippen molar-refractivity contribution in [3.05, 3.63) is 39.7 Å². The topological polar surface area (TPSA) is 45.2 Å². The van der Waals surface area contributed by atoms with Crippen molar-refractivity contribution in [3.63, 3.8) is 0 Å². The first-order valence-electron chi connectivity index (χ1n) is 7.20. The van der Waals surface area contributed by atoms with Crippen LogP contribution in [0.5, 0.6) is 0 Å². The zero-order valence-corrected chi connectivity index (χ0v) is 17.0. The summed E-state index contributed by atoms with van der Waals surface area (Å²) in [6.07, 6.45) is 1.76. The second-order valence-corrected chi connectivity index (χ2v) is 5.98. The standard InChI is InChI=1S/C16H20IN3O.2ClH/c1-3-20(4-2)9-8-18-16(21)15-10-13-12(11-19-15)6-5-7-14(13)17;;/h5-7,10-11H,3-4,8-9H2,1-2H3,(H,18,21);2*1H. The monoisotopic (exact) mass is 469 g/mol. The highest BCUT2D eigenvalue weighted by Gasteiger charge is 2.09. The number of amides is 1. The highest BCUT2D eigenvalue weighted by Crippen LogP contribution is 2.20. The molecule has 1 heterocycles. The lowest BCUT2D eigenvalue weighted by Crippen LogP contribution is -2.35. The third-order valence-corrected chi connectivity index (χ3v) is 4.49. The number of benzene rings is 1. The van der Waals surface area contributed by atoms with Gasteiger partial charge in [0.1, 0.15) is 5.69 Å². The summed E-state index contributed by atoms with van der Waals surface area (Å²) < 4.78 is 1.13. The van der Waals surface area contributed by atoms with Gasteiger partial charge in [0, 0.05) is 28.2 Å². The SMILES string of the molecule is CCN(CC)CCNC(=O)c1cc2c(I)cccc2cn1.Cl.Cl. The summed E-state index contributed by atoms with van der Waals surface area (Å²) in [5, 5.41) is 5.06. The van der Waals surface area contributed by atoms with Gasteiger partial charge < -0.3 is 10.2 Å². The molecule has 7 heteroatoms. The second-order valence-electron chi connectivity index (χ2n) is 4.81. The van der Waals surface area contributed by atoms with E-state index in [1.165, 1.54) is 0 Å². The van der Waals surface area contributed by atoms with Crippen molar-refractivity contribution < 1.29 is 4.79 Å². The highest BCUT2D eigenvalue weighted by atomic mass is 127. The van der Waals surface area contributed by atoms with E-state index in [1.54, 1.807) is 6.20 Å². The molecule has 1 N–H and O–H groups in total. The van der Waals surface area contributed by atoms with Crippen molar-refractivity contribution in [2.45, 2.75) is 13.8 Å². The molecular weight excluding hydrogens is 448 g/mol. The lowest BCUT2D eigenvalue weighted by molar-refractivity contribution is 0.0944. The van der Waals surface area contributed by atoms with E-state index >= 15 is 0 Å². The minimum atomic E-state index is -0.108. The maximum absolute atomic E-state index is 12.2. The Morgan fingerprint density at radius 2 is 1.96 bits per heavy atom. The summed E-state index contributed by atoms with van der Waals surface area (Å²) >= 11 is 2.28. The molecule has 1 aromatic carbocycles. The first-order valence-corrected chi connectivity index (χ1v) is 8.28. The van der Waals surface area contributed by atoms with Crippen LogP contribution in [-0.2, 0) is 0 Å². The molecule has 0 spiro atoms. The second kappa shape index (κ2) is 11.0. The fraction of sp³-hybridized carbons (Fsp3) is 0.375. The van der Waals surface area contributed by atoms with Gasteiger partial charge >= 0.3 is 0 Å². The Bertz CT molecular complexity index is 636. The summed E-state index contributed by atoms with van der Waals surface area (Å²) in [4.78, 5) is 18.7. The number of nitrogens with one attached hydrogen (secondary N) is 1. The molecule has 0 aliphatic heterocycles. The van der Waals surface area contributed by atoms with Crippen LogP contribution in [0.25, 0.3) is 10.8 Å². The van der Waals surface area contributed by atoms with Gasteiger partial charge in [0.15, 0.2) is 0 Å². The number of pyridine rings is 1. The van der Waals surface area contributed by atoms with E-state index in [9.17, 15) is 4.79 Å². The number of fused-ring (bicyclic) bond motifs is 1. The third-order valence-electron chi connectivity index (χ3n) is 3.55. The van der Waals surface area contributed by atoms with Crippen molar-refractivity contribution >= 4 is 64.1 Å². The quantitative estimate of drug-likeness (QED) is 0.655. The van der Waals surface area contributed by atoms with Crippen LogP contribution in [0.2, 0.25) is 0 Å². The molecule has 23 heavy (non-hydrogen) atoms. The first-order chi connectivity index (χ1) is 10.2. The van der Waals surface area contributed by atoms with Crippen LogP contribution in [0.3, 0.4) is 0 Å². The molecule has 0 bridgehead atoms. The van der Waals surface area contributed by atoms with Gasteiger partial charge in [0.2, 0.25) is 0 Å². The smallest absolute Gasteiger partial charge is 0.269 e. The molecule has 0 aliphatic rings. The molecule has 0 saturated carbocycles. The minimum Gasteiger partial charge on any atom is -0.349 e. The average molecular weight is 470 g/mol. The van der Waals surface area contributed by atoms with Crippen molar-refractivity contribution in [3.8, 4) is 0 Å². The number of rotatable bonds is 6. The van der Waals surface area contributed by atoms with Crippen LogP contribution in [0.4, 0.5) is 0 Å². The van der Waals surface area contributed by atoms with Crippen LogP contribution in [0, 0.1) is 3.57 Å². The van der Waals surface area contributed by atoms with Crippen molar-refractivity contribution in [1.29, 1.82) is 0 Å². The summed E-state index contributed by atoms with van der Waals surface area (Å²) in [5.74, 6) is -0.108. The lowest BCUT2D eigenvalue weighted by atomic mass is 10.1. The Balaban J connectivity index is 0.00000242. The maximum atomic E-state index is 12.2. The summed E-state index contributed by atoms with van der Waals surface area (Å²) in [6, 6.07) is 7.90. The van der Waals surface area contributed by atoms with Crippen LogP contribution in [0.15, 0.2) is 30.5 Å². The lowest BCUT2D eigenvalue weighted by Gasteiger charge is -2.17. The number of hydrogen-bond acceptors (Lipinski definition) is 3. The Kier molecular flexibility index (Phi) is 10.7. The van der Waals surface area contributed by atoms with Crippen molar-refractivity contribution in [2.24, 2.45) is 0 Å². The van der Waals surface area contributed by atoms with E-state index in [4.69, 9.17) is 0 Å². The molecule has 0 aliphatic carbocycles. The number of aromatic nitrogens is 1. The minimum absolute atomic E-state index is 0. The molecule has 128 valence electrons. The number of likely N-dealkylation sites (N-methyl/N-ethyl adjacent to an activating group) is 1. The number of carbonyl (C=O) groups is 1. The predicted octanol–water partition coefficient (Wildman–Crippen LogP) is 3.75. The molecule has 2 aromatic rings. The van der Waals surface area contributed by atoms with Crippen LogP contribution >= 0.6 is 47.4 Å². The van der Waals surface area contributed by atoms with Gasteiger partial charge in [-0.2, -0.15) is 0 Å². The Labute approximate surface area is 163 Å². The van der Waals surface area contributed by atoms with E-state index in [1.807, 2.05) is 24.3 Å². The number of hydrogen-bond donors (Lipinski definition) is 1. The fourth-order valence-corrected chi connectivity index (χ4v) is 2.89. The normalized spacial score (nSPS) is 10.1. The van der Waals surface area contributed by atoms with Crippen LogP contribution in [0.1, 0.15) is 24.3 Å². The van der Waals surface area contributed by atoms with Gasteiger partial charge in [-0.3, -0.25) is 9.78 Å². The van der Waals surface area contributed by atoms with Gasteiger partial charge in [-0.1, -0.05) is 26.0 Å². The molecule has 0 fully saturated rings. The predicted molar refractivity (Wildman–Crippen MR) is 109 cm³/mol. The van der Waals surface area contributed by atoms with Gasteiger partial charge in [-0.15, -0.1) is 24.8 Å². The number of halogens is 3. The fourth-order valence-electron chi connectivity index (χ4n) is 2.21. The molecule has 4 nitrogen and oxygen atoms in total. The summed E-state index contributed by atoms with van der Waals surface area (Å²) in [7, 11) is 0. The van der Waals surface area contributed by atoms with E-state index in [2.05, 4.69) is 51.6 Å². The van der Waals surface area contributed by atoms with Crippen molar-refractivity contribution in [2.75, 3.05) is 26.2 Å². The first kappa shape index (κ1) is 22.4. The number of carbonyl (C=O) groups excluding carboxylic acids is 1. The van der Waals surface area contributed by atoms with E-state index in [-0.39, 0.29) is 30.7 Å². The maximum Gasteiger partial charge on any atom is 0.269 e. The van der Waals surface area contributed by atoms with Gasteiger partial charge in [0.05, 0.1) is 0 Å². The molecule has 0 saturated heterocycles. The average Bonchev–Trinajstić information content (AvgIpc) is 2.51. The molecule has 1 amide bonds. The molecule has 2 rings (SSSR count). The van der Waals surface area contributed by atoms with Gasteiger partial charge in [0.25, 0.3) is 5.91 Å². The molecule has 0 unspecified atom stereocenters. The number of nitrogens with zero attached hydrogens (tertiary/aromatic N) is 2. The summed E-state index contributed by atoms with van der Waals surface area (Å²) in [5.41, 5.74) is 0.478. The third kappa shape index (κ3) is 6.06. The Morgan fingerprint density at radius 3 is 2.61 bits per heavy atom. The Hall–Kier alpha value is -0.630. The van der Waals surface area contributed by atoms with Crippen LogP contribution < -0.4 is 5.32 Å². The van der Waals surface area contributed by atoms with Gasteiger partial charge in [-0.25, -0.2) is 0 Å².